The summed E-state index contributed by atoms with van der Waals surface area (Å²) in [6.07, 6.45) is 0. The van der Waals surface area contributed by atoms with Crippen LogP contribution in [-0.4, -0.2) is 15.8 Å². The highest BCUT2D eigenvalue weighted by Gasteiger charge is 2.13. The number of nitrogens with one attached hydrogen (secondary N) is 1. The summed E-state index contributed by atoms with van der Waals surface area (Å²) in [5.74, 6) is 0.487. The van der Waals surface area contributed by atoms with Crippen LogP contribution in [0, 0.1) is 10.1 Å². The Labute approximate surface area is 172 Å². The smallest absolute Gasteiger partial charge is 0.270 e. The SMILES string of the molecule is CC(C)c1ccc2oc(-c3ccc(NC(=O)c4cccc([N+](=O)[O-])c4)cc3)nc2c1. The fourth-order valence-corrected chi connectivity index (χ4v) is 3.09. The number of carbonyl (C=O) groups excluding carboxylic acids is 1. The molecule has 0 unspecified atom stereocenters. The van der Waals surface area contributed by atoms with Crippen molar-refractivity contribution in [2.45, 2.75) is 19.8 Å². The van der Waals surface area contributed by atoms with E-state index in [0.29, 0.717) is 17.5 Å². The lowest BCUT2D eigenvalue weighted by molar-refractivity contribution is -0.384. The fraction of sp³-hybridized carbons (Fsp3) is 0.130. The van der Waals surface area contributed by atoms with Gasteiger partial charge >= 0.3 is 0 Å². The standard InChI is InChI=1S/C23H19N3O4/c1-14(2)16-8-11-21-20(13-16)25-23(30-21)15-6-9-18(10-7-15)24-22(27)17-4-3-5-19(12-17)26(28)29/h3-14H,1-2H3,(H,24,27). The Morgan fingerprint density at radius 2 is 1.83 bits per heavy atom. The Balaban J connectivity index is 1.53. The van der Waals surface area contributed by atoms with Crippen LogP contribution in [0.1, 0.15) is 35.7 Å². The monoisotopic (exact) mass is 401 g/mol. The van der Waals surface area contributed by atoms with Gasteiger partial charge in [-0.2, -0.15) is 0 Å². The van der Waals surface area contributed by atoms with Crippen molar-refractivity contribution in [2.75, 3.05) is 5.32 Å². The third-order valence-corrected chi connectivity index (χ3v) is 4.79. The summed E-state index contributed by atoms with van der Waals surface area (Å²) in [5, 5.41) is 13.6. The molecule has 1 aromatic heterocycles. The van der Waals surface area contributed by atoms with Crippen LogP contribution in [0.15, 0.2) is 71.1 Å². The molecule has 0 aliphatic carbocycles. The van der Waals surface area contributed by atoms with Gasteiger partial charge in [0.1, 0.15) is 5.52 Å². The summed E-state index contributed by atoms with van der Waals surface area (Å²) in [4.78, 5) is 27.3. The van der Waals surface area contributed by atoms with E-state index < -0.39 is 10.8 Å². The van der Waals surface area contributed by atoms with Gasteiger partial charge in [-0.15, -0.1) is 0 Å². The van der Waals surface area contributed by atoms with Gasteiger partial charge in [0.2, 0.25) is 5.89 Å². The lowest BCUT2D eigenvalue weighted by Gasteiger charge is -2.05. The van der Waals surface area contributed by atoms with Crippen molar-refractivity contribution in [1.82, 2.24) is 4.98 Å². The highest BCUT2D eigenvalue weighted by atomic mass is 16.6. The molecule has 3 aromatic carbocycles. The highest BCUT2D eigenvalue weighted by Crippen LogP contribution is 2.28. The van der Waals surface area contributed by atoms with E-state index in [0.717, 1.165) is 16.7 Å². The number of aromatic nitrogens is 1. The molecule has 4 aromatic rings. The molecule has 0 bridgehead atoms. The molecule has 0 saturated carbocycles. The maximum Gasteiger partial charge on any atom is 0.270 e. The molecular formula is C23H19N3O4. The minimum atomic E-state index is -0.532. The van der Waals surface area contributed by atoms with Crippen LogP contribution in [0.5, 0.6) is 0 Å². The van der Waals surface area contributed by atoms with Gasteiger partial charge in [-0.3, -0.25) is 14.9 Å². The molecule has 0 aliphatic rings. The second kappa shape index (κ2) is 7.79. The first-order valence-corrected chi connectivity index (χ1v) is 9.47. The predicted octanol–water partition coefficient (Wildman–Crippen LogP) is 5.78. The fourth-order valence-electron chi connectivity index (χ4n) is 3.09. The summed E-state index contributed by atoms with van der Waals surface area (Å²) in [6, 6.07) is 18.7. The maximum atomic E-state index is 12.4. The number of rotatable bonds is 5. The van der Waals surface area contributed by atoms with E-state index in [1.807, 2.05) is 18.2 Å². The zero-order chi connectivity index (χ0) is 21.3. The second-order valence-corrected chi connectivity index (χ2v) is 7.24. The van der Waals surface area contributed by atoms with Gasteiger partial charge < -0.3 is 9.73 Å². The van der Waals surface area contributed by atoms with E-state index in [1.165, 1.54) is 29.8 Å². The number of hydrogen-bond acceptors (Lipinski definition) is 5. The van der Waals surface area contributed by atoms with Crippen molar-refractivity contribution in [3.05, 3.63) is 88.0 Å². The summed E-state index contributed by atoms with van der Waals surface area (Å²) in [5.41, 5.74) is 4.15. The van der Waals surface area contributed by atoms with Gasteiger partial charge in [-0.1, -0.05) is 26.0 Å². The molecule has 0 aliphatic heterocycles. The Morgan fingerprint density at radius 1 is 1.07 bits per heavy atom. The molecule has 0 atom stereocenters. The van der Waals surface area contributed by atoms with Crippen molar-refractivity contribution >= 4 is 28.4 Å². The van der Waals surface area contributed by atoms with E-state index in [4.69, 9.17) is 4.42 Å². The molecule has 0 spiro atoms. The first kappa shape index (κ1) is 19.3. The van der Waals surface area contributed by atoms with Crippen molar-refractivity contribution in [1.29, 1.82) is 0 Å². The number of oxazole rings is 1. The number of nitro groups is 1. The van der Waals surface area contributed by atoms with Crippen LogP contribution in [-0.2, 0) is 0 Å². The number of amides is 1. The molecule has 4 rings (SSSR count). The summed E-state index contributed by atoms with van der Waals surface area (Å²) in [7, 11) is 0. The van der Waals surface area contributed by atoms with E-state index in [1.54, 1.807) is 24.3 Å². The van der Waals surface area contributed by atoms with Gasteiger partial charge in [0.05, 0.1) is 4.92 Å². The van der Waals surface area contributed by atoms with Crippen LogP contribution < -0.4 is 5.32 Å². The highest BCUT2D eigenvalue weighted by molar-refractivity contribution is 6.04. The van der Waals surface area contributed by atoms with Gasteiger partial charge in [-0.25, -0.2) is 4.98 Å². The average Bonchev–Trinajstić information content (AvgIpc) is 3.17. The maximum absolute atomic E-state index is 12.4. The first-order chi connectivity index (χ1) is 14.4. The van der Waals surface area contributed by atoms with Gasteiger partial charge in [0.25, 0.3) is 11.6 Å². The van der Waals surface area contributed by atoms with Gasteiger partial charge in [0.15, 0.2) is 5.58 Å². The molecule has 30 heavy (non-hydrogen) atoms. The molecule has 0 saturated heterocycles. The Morgan fingerprint density at radius 3 is 2.53 bits per heavy atom. The van der Waals surface area contributed by atoms with Crippen molar-refractivity contribution in [3.63, 3.8) is 0 Å². The quantitative estimate of drug-likeness (QED) is 0.338. The third-order valence-electron chi connectivity index (χ3n) is 4.79. The number of non-ortho nitro benzene ring substituents is 1. The zero-order valence-electron chi connectivity index (χ0n) is 16.5. The number of benzene rings is 3. The van der Waals surface area contributed by atoms with Crippen LogP contribution in [0.3, 0.4) is 0 Å². The summed E-state index contributed by atoms with van der Waals surface area (Å²) in [6.45, 7) is 4.26. The lowest BCUT2D eigenvalue weighted by atomic mass is 10.0. The topological polar surface area (TPSA) is 98.3 Å². The summed E-state index contributed by atoms with van der Waals surface area (Å²) >= 11 is 0. The Bertz CT molecular complexity index is 1240. The van der Waals surface area contributed by atoms with Crippen molar-refractivity contribution < 1.29 is 14.1 Å². The molecule has 7 heteroatoms. The number of nitrogens with zero attached hydrogens (tertiary/aromatic N) is 2. The molecule has 0 fully saturated rings. The predicted molar refractivity (Wildman–Crippen MR) is 115 cm³/mol. The van der Waals surface area contributed by atoms with Crippen molar-refractivity contribution in [2.24, 2.45) is 0 Å². The van der Waals surface area contributed by atoms with Crippen molar-refractivity contribution in [3.8, 4) is 11.5 Å². The normalized spacial score (nSPS) is 11.0. The molecule has 1 amide bonds. The first-order valence-electron chi connectivity index (χ1n) is 9.47. The Kier molecular flexibility index (Phi) is 5.02. The summed E-state index contributed by atoms with van der Waals surface area (Å²) < 4.78 is 5.85. The van der Waals surface area contributed by atoms with E-state index in [9.17, 15) is 14.9 Å². The molecular weight excluding hydrogens is 382 g/mol. The molecule has 1 heterocycles. The second-order valence-electron chi connectivity index (χ2n) is 7.24. The molecule has 150 valence electrons. The largest absolute Gasteiger partial charge is 0.436 e. The van der Waals surface area contributed by atoms with E-state index >= 15 is 0 Å². The number of anilines is 1. The van der Waals surface area contributed by atoms with Gasteiger partial charge in [0, 0.05) is 28.9 Å². The average molecular weight is 401 g/mol. The third kappa shape index (κ3) is 3.91. The van der Waals surface area contributed by atoms with Crippen LogP contribution in [0.4, 0.5) is 11.4 Å². The van der Waals surface area contributed by atoms with Crippen LogP contribution >= 0.6 is 0 Å². The zero-order valence-corrected chi connectivity index (χ0v) is 16.5. The minimum Gasteiger partial charge on any atom is -0.436 e. The number of carbonyl (C=O) groups is 1. The Hall–Kier alpha value is -4.00. The number of fused-ring (bicyclic) bond motifs is 1. The minimum absolute atomic E-state index is 0.130. The van der Waals surface area contributed by atoms with Crippen LogP contribution in [0.25, 0.3) is 22.6 Å². The molecule has 1 N–H and O–H groups in total. The lowest BCUT2D eigenvalue weighted by Crippen LogP contribution is -2.11. The van der Waals surface area contributed by atoms with E-state index in [2.05, 4.69) is 24.1 Å². The van der Waals surface area contributed by atoms with E-state index in [-0.39, 0.29) is 11.3 Å². The number of hydrogen-bond donors (Lipinski definition) is 1. The molecule has 7 nitrogen and oxygen atoms in total. The van der Waals surface area contributed by atoms with Gasteiger partial charge in [-0.05, 0) is 53.9 Å². The van der Waals surface area contributed by atoms with Crippen LogP contribution in [0.2, 0.25) is 0 Å². The number of nitro benzene ring substituents is 1. The molecule has 0 radical (unpaired) electrons.